The summed E-state index contributed by atoms with van der Waals surface area (Å²) in [6.07, 6.45) is 2.74. The fourth-order valence-corrected chi connectivity index (χ4v) is 2.35. The van der Waals surface area contributed by atoms with Crippen LogP contribution in [0, 0.1) is 0 Å². The number of hydrogen-bond acceptors (Lipinski definition) is 3. The monoisotopic (exact) mass is 262 g/mol. The van der Waals surface area contributed by atoms with Crippen LogP contribution in [0.4, 0.5) is 0 Å². The lowest BCUT2D eigenvalue weighted by Crippen LogP contribution is -2.24. The molecule has 0 rings (SSSR count). The first kappa shape index (κ1) is 16.0. The van der Waals surface area contributed by atoms with Gasteiger partial charge in [0.25, 0.3) is 0 Å². The topological polar surface area (TPSA) is 91.7 Å². The van der Waals surface area contributed by atoms with E-state index < -0.39 is 17.1 Å². The van der Waals surface area contributed by atoms with E-state index in [0.717, 1.165) is 12.8 Å². The highest BCUT2D eigenvalue weighted by Gasteiger charge is 2.31. The summed E-state index contributed by atoms with van der Waals surface area (Å²) >= 11 is 0. The maximum atomic E-state index is 11.3. The molecular formula is C11H19O5P. The van der Waals surface area contributed by atoms with Crippen molar-refractivity contribution in [2.45, 2.75) is 57.0 Å². The van der Waals surface area contributed by atoms with E-state index in [4.69, 9.17) is 10.2 Å². The number of aliphatic carboxylic acids is 2. The second kappa shape index (κ2) is 8.18. The fourth-order valence-electron chi connectivity index (χ4n) is 1.70. The Morgan fingerprint density at radius 3 is 1.82 bits per heavy atom. The molecule has 0 saturated carbocycles. The van der Waals surface area contributed by atoms with Gasteiger partial charge in [-0.25, -0.2) is 0 Å². The van der Waals surface area contributed by atoms with Crippen LogP contribution in [0.3, 0.4) is 0 Å². The number of unbranched alkanes of at least 4 members (excludes halogenated alkanes) is 1. The molecule has 0 aliphatic carbocycles. The third kappa shape index (κ3) is 7.05. The van der Waals surface area contributed by atoms with Gasteiger partial charge in [-0.1, -0.05) is 19.8 Å². The maximum absolute atomic E-state index is 11.3. The molecule has 2 N–H and O–H groups in total. The van der Waals surface area contributed by atoms with Gasteiger partial charge in [-0.2, -0.15) is 0 Å². The fraction of sp³-hybridized carbons (Fsp3) is 0.818. The smallest absolute Gasteiger partial charge is 0.303 e. The quantitative estimate of drug-likeness (QED) is 0.590. The van der Waals surface area contributed by atoms with Gasteiger partial charge >= 0.3 is 11.9 Å². The van der Waals surface area contributed by atoms with Gasteiger partial charge in [-0.05, 0) is 19.3 Å². The van der Waals surface area contributed by atoms with Crippen LogP contribution in [0.5, 0.6) is 0 Å². The number of carboxylic acid groups (broad SMARTS) is 2. The summed E-state index contributed by atoms with van der Waals surface area (Å²) in [5.74, 6) is -1.88. The second-order valence-electron chi connectivity index (χ2n) is 4.21. The number of rotatable bonds is 10. The van der Waals surface area contributed by atoms with Crippen molar-refractivity contribution in [3.8, 4) is 0 Å². The van der Waals surface area contributed by atoms with Gasteiger partial charge in [-0.15, -0.1) is 0 Å². The van der Waals surface area contributed by atoms with E-state index in [0.29, 0.717) is 6.42 Å². The van der Waals surface area contributed by atoms with Crippen LogP contribution >= 0.6 is 8.46 Å². The summed E-state index contributed by atoms with van der Waals surface area (Å²) in [5.41, 5.74) is 0. The van der Waals surface area contributed by atoms with Crippen molar-refractivity contribution >= 4 is 20.4 Å². The highest BCUT2D eigenvalue weighted by Crippen LogP contribution is 2.38. The van der Waals surface area contributed by atoms with Gasteiger partial charge in [0.1, 0.15) is 0 Å². The third-order valence-electron chi connectivity index (χ3n) is 2.80. The highest BCUT2D eigenvalue weighted by molar-refractivity contribution is 7.26. The van der Waals surface area contributed by atoms with Crippen molar-refractivity contribution in [3.05, 3.63) is 0 Å². The Hall–Kier alpha value is -0.960. The molecule has 6 heteroatoms. The van der Waals surface area contributed by atoms with Gasteiger partial charge in [0.05, 0.1) is 5.16 Å². The van der Waals surface area contributed by atoms with Crippen LogP contribution in [-0.2, 0) is 14.2 Å². The number of carbonyl (C=O) groups is 2. The summed E-state index contributed by atoms with van der Waals surface area (Å²) in [5, 5.41) is 16.6. The molecule has 98 valence electrons. The molecule has 0 aliphatic rings. The van der Waals surface area contributed by atoms with E-state index in [1.807, 2.05) is 6.92 Å². The van der Waals surface area contributed by atoms with Gasteiger partial charge in [-0.3, -0.25) is 14.2 Å². The minimum absolute atomic E-state index is 0.0709. The molecule has 0 radical (unpaired) electrons. The summed E-state index contributed by atoms with van der Waals surface area (Å²) in [6, 6.07) is 0. The lowest BCUT2D eigenvalue weighted by atomic mass is 9.91. The Morgan fingerprint density at radius 2 is 1.53 bits per heavy atom. The molecule has 0 bridgehead atoms. The predicted molar refractivity (Wildman–Crippen MR) is 63.6 cm³/mol. The molecular weight excluding hydrogens is 243 g/mol. The molecule has 0 aliphatic heterocycles. The normalized spacial score (nSPS) is 11.6. The zero-order valence-corrected chi connectivity index (χ0v) is 10.9. The number of hydrogen-bond donors (Lipinski definition) is 2. The molecule has 0 atom stereocenters. The van der Waals surface area contributed by atoms with Crippen LogP contribution in [0.25, 0.3) is 0 Å². The molecule has 17 heavy (non-hydrogen) atoms. The molecule has 0 aromatic heterocycles. The molecule has 0 aromatic carbocycles. The predicted octanol–water partition coefficient (Wildman–Crippen LogP) is 2.94. The SMILES string of the molecule is CCCCC(CCC(=O)O)(CCC(=O)O)P=O. The highest BCUT2D eigenvalue weighted by atomic mass is 31.1. The van der Waals surface area contributed by atoms with E-state index in [1.165, 1.54) is 0 Å². The van der Waals surface area contributed by atoms with Crippen molar-refractivity contribution in [2.75, 3.05) is 0 Å². The number of carboxylic acids is 2. The van der Waals surface area contributed by atoms with Crippen molar-refractivity contribution in [1.29, 1.82) is 0 Å². The maximum Gasteiger partial charge on any atom is 0.303 e. The van der Waals surface area contributed by atoms with Crippen molar-refractivity contribution in [3.63, 3.8) is 0 Å². The summed E-state index contributed by atoms with van der Waals surface area (Å²) in [6.45, 7) is 1.99. The first-order valence-electron chi connectivity index (χ1n) is 5.74. The first-order valence-corrected chi connectivity index (χ1v) is 6.55. The lowest BCUT2D eigenvalue weighted by molar-refractivity contribution is -0.137. The Balaban J connectivity index is 4.54. The second-order valence-corrected chi connectivity index (χ2v) is 5.34. The molecule has 0 amide bonds. The minimum atomic E-state index is -0.940. The minimum Gasteiger partial charge on any atom is -0.481 e. The molecule has 5 nitrogen and oxygen atoms in total. The third-order valence-corrected chi connectivity index (χ3v) is 3.86. The largest absolute Gasteiger partial charge is 0.481 e. The van der Waals surface area contributed by atoms with E-state index in [-0.39, 0.29) is 34.1 Å². The molecule has 0 unspecified atom stereocenters. The van der Waals surface area contributed by atoms with E-state index in [2.05, 4.69) is 0 Å². The van der Waals surface area contributed by atoms with E-state index >= 15 is 0 Å². The average molecular weight is 262 g/mol. The van der Waals surface area contributed by atoms with Crippen LogP contribution in [0.15, 0.2) is 0 Å². The summed E-state index contributed by atoms with van der Waals surface area (Å²) in [4.78, 5) is 21.1. The van der Waals surface area contributed by atoms with Crippen LogP contribution in [0.1, 0.15) is 51.9 Å². The van der Waals surface area contributed by atoms with Gasteiger partial charge < -0.3 is 10.2 Å². The van der Waals surface area contributed by atoms with E-state index in [9.17, 15) is 14.2 Å². The zero-order valence-electron chi connectivity index (χ0n) is 10.0. The Labute approximate surface area is 102 Å². The van der Waals surface area contributed by atoms with E-state index in [1.54, 1.807) is 0 Å². The van der Waals surface area contributed by atoms with Gasteiger partial charge in [0.15, 0.2) is 8.46 Å². The Morgan fingerprint density at radius 1 is 1.06 bits per heavy atom. The standard InChI is InChI=1S/C11H19O5P/c1-2-3-6-11(17-16,7-4-9(12)13)8-5-10(14)15/h2-8H2,1H3,(H,12,13)(H,14,15). The van der Waals surface area contributed by atoms with Crippen LogP contribution in [-0.4, -0.2) is 27.3 Å². The summed E-state index contributed by atoms with van der Waals surface area (Å²) < 4.78 is 11.3. The lowest BCUT2D eigenvalue weighted by Gasteiger charge is -2.25. The molecule has 0 saturated heterocycles. The zero-order chi connectivity index (χ0) is 13.3. The summed E-state index contributed by atoms with van der Waals surface area (Å²) in [7, 11) is -0.142. The Bertz CT molecular complexity index is 259. The first-order chi connectivity index (χ1) is 7.95. The average Bonchev–Trinajstić information content (AvgIpc) is 2.28. The molecule has 0 aromatic rings. The Kier molecular flexibility index (Phi) is 7.72. The molecule has 0 fully saturated rings. The van der Waals surface area contributed by atoms with Crippen molar-refractivity contribution in [2.24, 2.45) is 0 Å². The van der Waals surface area contributed by atoms with Crippen LogP contribution in [0.2, 0.25) is 0 Å². The van der Waals surface area contributed by atoms with Gasteiger partial charge in [0, 0.05) is 12.8 Å². The van der Waals surface area contributed by atoms with Gasteiger partial charge in [0.2, 0.25) is 0 Å². The molecule has 0 heterocycles. The van der Waals surface area contributed by atoms with Crippen LogP contribution < -0.4 is 0 Å². The van der Waals surface area contributed by atoms with Crippen molar-refractivity contribution < 1.29 is 24.4 Å². The van der Waals surface area contributed by atoms with Crippen molar-refractivity contribution in [1.82, 2.24) is 0 Å². The molecule has 0 spiro atoms.